The maximum absolute atomic E-state index is 13.4. The lowest BCUT2D eigenvalue weighted by atomic mass is 10.2. The van der Waals surface area contributed by atoms with Crippen molar-refractivity contribution < 1.29 is 19.7 Å². The van der Waals surface area contributed by atoms with Gasteiger partial charge in [0, 0.05) is 43.2 Å². The van der Waals surface area contributed by atoms with E-state index in [0.717, 1.165) is 11.3 Å². The van der Waals surface area contributed by atoms with Gasteiger partial charge in [0.15, 0.2) is 11.5 Å². The Bertz CT molecular complexity index is 1120. The Morgan fingerprint density at radius 1 is 1.22 bits per heavy atom. The molecule has 1 atom stereocenters. The number of rotatable bonds is 7. The van der Waals surface area contributed by atoms with Crippen LogP contribution in [0.3, 0.4) is 0 Å². The normalized spacial score (nSPS) is 15.8. The molecule has 1 aromatic carbocycles. The van der Waals surface area contributed by atoms with E-state index >= 15 is 0 Å². The largest absolute Gasteiger partial charge is 0.425 e. The van der Waals surface area contributed by atoms with Gasteiger partial charge in [-0.1, -0.05) is 23.7 Å². The van der Waals surface area contributed by atoms with E-state index in [0.29, 0.717) is 35.2 Å². The van der Waals surface area contributed by atoms with Gasteiger partial charge < -0.3 is 19.8 Å². The number of aryl methyl sites for hydroxylation is 1. The second-order valence-electron chi connectivity index (χ2n) is 7.55. The van der Waals surface area contributed by atoms with E-state index in [1.54, 1.807) is 42.1 Å². The maximum Gasteiger partial charge on any atom is 0.304 e. The van der Waals surface area contributed by atoms with Gasteiger partial charge in [-0.3, -0.25) is 19.2 Å². The van der Waals surface area contributed by atoms with Gasteiger partial charge in [-0.25, -0.2) is 0 Å². The molecule has 4 rings (SSSR count). The second-order valence-corrected chi connectivity index (χ2v) is 7.98. The van der Waals surface area contributed by atoms with Crippen LogP contribution in [-0.4, -0.2) is 62.1 Å². The quantitative estimate of drug-likeness (QED) is 0.562. The van der Waals surface area contributed by atoms with E-state index in [1.165, 1.54) is 9.80 Å². The zero-order valence-electron chi connectivity index (χ0n) is 17.8. The molecule has 1 unspecified atom stereocenters. The number of halogens is 1. The smallest absolute Gasteiger partial charge is 0.304 e. The molecule has 0 saturated heterocycles. The number of aromatic nitrogens is 3. The first kappa shape index (κ1) is 22.1. The Hall–Kier alpha value is -3.14. The summed E-state index contributed by atoms with van der Waals surface area (Å²) in [6.45, 7) is 2.27. The van der Waals surface area contributed by atoms with Crippen molar-refractivity contribution in [3.63, 3.8) is 0 Å². The number of fused-ring (bicyclic) bond motifs is 1. The van der Waals surface area contributed by atoms with Gasteiger partial charge in [-0.2, -0.15) is 4.98 Å². The van der Waals surface area contributed by atoms with Crippen LogP contribution in [0.5, 0.6) is 11.8 Å². The highest BCUT2D eigenvalue weighted by atomic mass is 35.5. The monoisotopic (exact) mass is 457 g/mol. The number of hydrogen-bond donors (Lipinski definition) is 2. The zero-order valence-corrected chi connectivity index (χ0v) is 18.5. The summed E-state index contributed by atoms with van der Waals surface area (Å²) in [5, 5.41) is 20.5. The Balaban J connectivity index is 1.80. The predicted molar refractivity (Wildman–Crippen MR) is 119 cm³/mol. The van der Waals surface area contributed by atoms with Crippen LogP contribution < -0.4 is 9.64 Å². The number of amides is 1. The maximum atomic E-state index is 13.4. The lowest BCUT2D eigenvalue weighted by Gasteiger charge is -2.38. The fourth-order valence-corrected chi connectivity index (χ4v) is 3.71. The third-order valence-electron chi connectivity index (χ3n) is 5.23. The number of imidazole rings is 1. The van der Waals surface area contributed by atoms with Crippen LogP contribution >= 0.6 is 11.6 Å². The Kier molecular flexibility index (Phi) is 6.31. The number of nitrogens with zero attached hydrogens (tertiary/aromatic N) is 5. The van der Waals surface area contributed by atoms with E-state index in [9.17, 15) is 15.0 Å². The number of hydrogen-bond acceptors (Lipinski definition) is 7. The molecule has 0 fully saturated rings. The van der Waals surface area contributed by atoms with Crippen LogP contribution in [0.25, 0.3) is 0 Å². The molecule has 0 aliphatic carbocycles. The van der Waals surface area contributed by atoms with Gasteiger partial charge in [-0.15, -0.1) is 0 Å². The van der Waals surface area contributed by atoms with Gasteiger partial charge in [-0.05, 0) is 37.1 Å². The average molecular weight is 458 g/mol. The summed E-state index contributed by atoms with van der Waals surface area (Å²) in [7, 11) is 1.65. The molecular weight excluding hydrogens is 434 g/mol. The van der Waals surface area contributed by atoms with E-state index in [1.807, 2.05) is 19.1 Å². The van der Waals surface area contributed by atoms with E-state index in [-0.39, 0.29) is 25.1 Å². The first-order valence-electron chi connectivity index (χ1n) is 10.2. The van der Waals surface area contributed by atoms with Crippen LogP contribution in [0.2, 0.25) is 5.02 Å². The summed E-state index contributed by atoms with van der Waals surface area (Å²) in [5.74, 6) is 0.462. The van der Waals surface area contributed by atoms with Crippen LogP contribution in [0, 0.1) is 6.92 Å². The number of ether oxygens (including phenoxy) is 1. The van der Waals surface area contributed by atoms with Gasteiger partial charge in [0.2, 0.25) is 6.35 Å². The average Bonchev–Trinajstić information content (AvgIpc) is 3.12. The lowest BCUT2D eigenvalue weighted by Crippen LogP contribution is -2.54. The molecule has 1 amide bonds. The van der Waals surface area contributed by atoms with Crippen LogP contribution in [0.4, 0.5) is 5.82 Å². The third kappa shape index (κ3) is 4.27. The van der Waals surface area contributed by atoms with Crippen molar-refractivity contribution in [3.8, 4) is 11.8 Å². The number of anilines is 1. The summed E-state index contributed by atoms with van der Waals surface area (Å²) in [6.07, 6.45) is 0.780. The molecule has 1 aliphatic heterocycles. The molecule has 3 aromatic rings. The summed E-state index contributed by atoms with van der Waals surface area (Å²) in [5.41, 5.74) is 1.97. The first-order chi connectivity index (χ1) is 15.4. The number of aliphatic hydroxyl groups is 2. The summed E-state index contributed by atoms with van der Waals surface area (Å²) >= 11 is 6.02. The van der Waals surface area contributed by atoms with Crippen LogP contribution in [-0.2, 0) is 6.54 Å². The molecule has 0 radical (unpaired) electrons. The van der Waals surface area contributed by atoms with Crippen molar-refractivity contribution in [2.75, 3.05) is 25.1 Å². The fraction of sp³-hybridized carbons (Fsp3) is 0.318. The van der Waals surface area contributed by atoms with Crippen molar-refractivity contribution >= 4 is 23.3 Å². The number of carbonyl (C=O) groups excluding carboxylic acids is 1. The first-order valence-corrected chi connectivity index (χ1v) is 10.5. The number of benzene rings is 1. The highest BCUT2D eigenvalue weighted by molar-refractivity contribution is 6.30. The molecule has 0 bridgehead atoms. The predicted octanol–water partition coefficient (Wildman–Crippen LogP) is 2.63. The zero-order chi connectivity index (χ0) is 22.8. The van der Waals surface area contributed by atoms with Crippen molar-refractivity contribution in [3.05, 3.63) is 64.6 Å². The minimum Gasteiger partial charge on any atom is -0.425 e. The topological polar surface area (TPSA) is 104 Å². The van der Waals surface area contributed by atoms with Gasteiger partial charge in [0.1, 0.15) is 5.75 Å². The molecule has 0 spiro atoms. The summed E-state index contributed by atoms with van der Waals surface area (Å²) in [6, 6.07) is 11.0. The highest BCUT2D eigenvalue weighted by Crippen LogP contribution is 2.35. The Morgan fingerprint density at radius 2 is 1.97 bits per heavy atom. The van der Waals surface area contributed by atoms with Crippen LogP contribution in [0.15, 0.2) is 42.6 Å². The summed E-state index contributed by atoms with van der Waals surface area (Å²) < 4.78 is 7.74. The standard InChI is InChI=1S/C22H24ClN5O4/c1-14-12-17(8-9-24-14)32-21-25-19-18(28(21)13-15-4-6-16(23)7-5-15)20(30)27(10-3-11-29)22(31)26(19)2/h4-9,12,22,29,31H,3,10-11,13H2,1-2H3. The fourth-order valence-electron chi connectivity index (χ4n) is 3.58. The lowest BCUT2D eigenvalue weighted by molar-refractivity contribution is 0.00112. The number of carbonyl (C=O) groups is 1. The van der Waals surface area contributed by atoms with Gasteiger partial charge in [0.05, 0.1) is 6.54 Å². The number of pyridine rings is 1. The van der Waals surface area contributed by atoms with E-state index in [4.69, 9.17) is 16.3 Å². The third-order valence-corrected chi connectivity index (χ3v) is 5.48. The minimum absolute atomic E-state index is 0.0904. The molecular formula is C22H24ClN5O4. The second kappa shape index (κ2) is 9.15. The molecule has 9 nitrogen and oxygen atoms in total. The molecule has 32 heavy (non-hydrogen) atoms. The molecule has 168 valence electrons. The van der Waals surface area contributed by atoms with Crippen molar-refractivity contribution in [1.82, 2.24) is 19.4 Å². The molecule has 10 heteroatoms. The molecule has 0 saturated carbocycles. The Labute approximate surface area is 190 Å². The van der Waals surface area contributed by atoms with Crippen molar-refractivity contribution in [2.24, 2.45) is 0 Å². The van der Waals surface area contributed by atoms with Crippen molar-refractivity contribution in [2.45, 2.75) is 26.2 Å². The highest BCUT2D eigenvalue weighted by Gasteiger charge is 2.40. The van der Waals surface area contributed by atoms with Gasteiger partial charge in [0.25, 0.3) is 5.91 Å². The van der Waals surface area contributed by atoms with Crippen LogP contribution in [0.1, 0.15) is 28.2 Å². The van der Waals surface area contributed by atoms with Crippen molar-refractivity contribution in [1.29, 1.82) is 0 Å². The Morgan fingerprint density at radius 3 is 2.66 bits per heavy atom. The van der Waals surface area contributed by atoms with E-state index in [2.05, 4.69) is 9.97 Å². The molecule has 1 aliphatic rings. The molecule has 2 N–H and O–H groups in total. The minimum atomic E-state index is -1.20. The van der Waals surface area contributed by atoms with Gasteiger partial charge >= 0.3 is 6.01 Å². The SMILES string of the molecule is Cc1cc(Oc2nc3c(n2Cc2ccc(Cl)cc2)C(=O)N(CCCO)C(O)N3C)ccn1. The number of aliphatic hydroxyl groups excluding tert-OH is 2. The summed E-state index contributed by atoms with van der Waals surface area (Å²) in [4.78, 5) is 24.9. The molecule has 2 aromatic heterocycles. The molecule has 3 heterocycles. The van der Waals surface area contributed by atoms with E-state index < -0.39 is 6.35 Å².